The molecule has 3 nitrogen and oxygen atoms in total. The van der Waals surface area contributed by atoms with Crippen LogP contribution in [-0.4, -0.2) is 18.5 Å². The van der Waals surface area contributed by atoms with E-state index < -0.39 is 5.60 Å². The summed E-state index contributed by atoms with van der Waals surface area (Å²) in [6, 6.07) is 7.83. The molecular formula is C15H20O3. The fourth-order valence-corrected chi connectivity index (χ4v) is 2.25. The minimum absolute atomic E-state index is 0.166. The molecule has 2 rings (SSSR count). The Morgan fingerprint density at radius 2 is 1.94 bits per heavy atom. The van der Waals surface area contributed by atoms with Crippen LogP contribution in [0.2, 0.25) is 0 Å². The van der Waals surface area contributed by atoms with Crippen molar-refractivity contribution in [1.82, 2.24) is 0 Å². The molecule has 0 N–H and O–H groups in total. The lowest BCUT2D eigenvalue weighted by molar-refractivity contribution is -0.138. The van der Waals surface area contributed by atoms with E-state index >= 15 is 0 Å². The van der Waals surface area contributed by atoms with Gasteiger partial charge in [0.25, 0.3) is 0 Å². The zero-order valence-corrected chi connectivity index (χ0v) is 11.2. The van der Waals surface area contributed by atoms with E-state index in [-0.39, 0.29) is 11.9 Å². The molecule has 0 aromatic heterocycles. The first-order valence-corrected chi connectivity index (χ1v) is 6.42. The van der Waals surface area contributed by atoms with Crippen LogP contribution in [0.4, 0.5) is 0 Å². The third-order valence-corrected chi connectivity index (χ3v) is 3.17. The van der Waals surface area contributed by atoms with Gasteiger partial charge in [-0.1, -0.05) is 12.1 Å². The van der Waals surface area contributed by atoms with Crippen LogP contribution in [-0.2, 0) is 15.1 Å². The Morgan fingerprint density at radius 3 is 2.50 bits per heavy atom. The van der Waals surface area contributed by atoms with E-state index in [1.165, 1.54) is 0 Å². The Hall–Kier alpha value is -1.35. The minimum atomic E-state index is -0.480. The molecule has 1 aliphatic rings. The molecule has 1 unspecified atom stereocenters. The van der Waals surface area contributed by atoms with E-state index in [2.05, 4.69) is 0 Å². The molecule has 0 bridgehead atoms. The fraction of sp³-hybridized carbons (Fsp3) is 0.533. The van der Waals surface area contributed by atoms with E-state index in [4.69, 9.17) is 9.47 Å². The Kier molecular flexibility index (Phi) is 3.71. The highest BCUT2D eigenvalue weighted by Crippen LogP contribution is 2.34. The average molecular weight is 248 g/mol. The summed E-state index contributed by atoms with van der Waals surface area (Å²) in [5.41, 5.74) is 0.553. The van der Waals surface area contributed by atoms with Crippen LogP contribution in [0.15, 0.2) is 24.3 Å². The summed E-state index contributed by atoms with van der Waals surface area (Å²) in [5, 5.41) is 0. The van der Waals surface area contributed by atoms with Crippen molar-refractivity contribution in [1.29, 1.82) is 0 Å². The first kappa shape index (κ1) is 13.1. The lowest BCUT2D eigenvalue weighted by Gasteiger charge is -2.33. The fourth-order valence-electron chi connectivity index (χ4n) is 2.25. The molecule has 1 saturated heterocycles. The van der Waals surface area contributed by atoms with Crippen molar-refractivity contribution in [2.75, 3.05) is 6.61 Å². The molecule has 1 aromatic rings. The molecule has 18 heavy (non-hydrogen) atoms. The second kappa shape index (κ2) is 5.11. The third kappa shape index (κ3) is 2.91. The van der Waals surface area contributed by atoms with E-state index in [1.54, 1.807) is 0 Å². The van der Waals surface area contributed by atoms with E-state index in [9.17, 15) is 4.79 Å². The minimum Gasteiger partial charge on any atom is -0.491 e. The van der Waals surface area contributed by atoms with Gasteiger partial charge in [-0.3, -0.25) is 4.79 Å². The summed E-state index contributed by atoms with van der Waals surface area (Å²) in [6.07, 6.45) is 1.15. The molecule has 1 fully saturated rings. The third-order valence-electron chi connectivity index (χ3n) is 3.17. The molecule has 0 spiro atoms. The first-order valence-electron chi connectivity index (χ1n) is 6.42. The van der Waals surface area contributed by atoms with Crippen molar-refractivity contribution in [2.24, 2.45) is 0 Å². The number of carbonyl (C=O) groups excluding carboxylic acids is 1. The highest BCUT2D eigenvalue weighted by molar-refractivity contribution is 5.80. The Labute approximate surface area is 108 Å². The van der Waals surface area contributed by atoms with Gasteiger partial charge in [0.15, 0.2) is 0 Å². The standard InChI is InChI=1S/C15H20O3/c1-11(2)18-14-6-4-12(5-7-14)15(3)10-13(16)8-9-17-15/h4-7,11H,8-10H2,1-3H3. The molecule has 98 valence electrons. The maximum atomic E-state index is 11.6. The highest BCUT2D eigenvalue weighted by Gasteiger charge is 2.33. The Morgan fingerprint density at radius 1 is 1.28 bits per heavy atom. The molecule has 1 aromatic carbocycles. The van der Waals surface area contributed by atoms with Gasteiger partial charge in [-0.15, -0.1) is 0 Å². The van der Waals surface area contributed by atoms with Gasteiger partial charge in [0, 0.05) is 12.8 Å². The second-order valence-electron chi connectivity index (χ2n) is 5.24. The number of Topliss-reactive ketones (excluding diaryl/α,β-unsaturated/α-hetero) is 1. The van der Waals surface area contributed by atoms with E-state index in [0.717, 1.165) is 11.3 Å². The molecule has 0 aliphatic carbocycles. The van der Waals surface area contributed by atoms with Crippen molar-refractivity contribution < 1.29 is 14.3 Å². The zero-order valence-electron chi connectivity index (χ0n) is 11.2. The second-order valence-corrected chi connectivity index (χ2v) is 5.24. The predicted octanol–water partition coefficient (Wildman–Crippen LogP) is 3.07. The number of benzene rings is 1. The van der Waals surface area contributed by atoms with Gasteiger partial charge in [0.05, 0.1) is 18.3 Å². The number of rotatable bonds is 3. The number of ether oxygens (including phenoxy) is 2. The predicted molar refractivity (Wildman–Crippen MR) is 69.8 cm³/mol. The number of ketones is 1. The summed E-state index contributed by atoms with van der Waals surface area (Å²) < 4.78 is 11.4. The van der Waals surface area contributed by atoms with Crippen molar-refractivity contribution in [3.05, 3.63) is 29.8 Å². The normalized spacial score (nSPS) is 24.3. The van der Waals surface area contributed by atoms with Crippen molar-refractivity contribution in [3.63, 3.8) is 0 Å². The lowest BCUT2D eigenvalue weighted by Crippen LogP contribution is -2.34. The Balaban J connectivity index is 2.15. The molecule has 1 aliphatic heterocycles. The SMILES string of the molecule is CC(C)Oc1ccc(C2(C)CC(=O)CCO2)cc1. The van der Waals surface area contributed by atoms with Gasteiger partial charge >= 0.3 is 0 Å². The maximum absolute atomic E-state index is 11.6. The summed E-state index contributed by atoms with van der Waals surface area (Å²) in [7, 11) is 0. The summed E-state index contributed by atoms with van der Waals surface area (Å²) in [5.74, 6) is 1.12. The molecule has 3 heteroatoms. The molecular weight excluding hydrogens is 228 g/mol. The van der Waals surface area contributed by atoms with Gasteiger partial charge in [-0.25, -0.2) is 0 Å². The van der Waals surface area contributed by atoms with E-state index in [1.807, 2.05) is 45.0 Å². The monoisotopic (exact) mass is 248 g/mol. The van der Waals surface area contributed by atoms with Crippen molar-refractivity contribution >= 4 is 5.78 Å². The summed E-state index contributed by atoms with van der Waals surface area (Å²) in [4.78, 5) is 11.6. The van der Waals surface area contributed by atoms with E-state index in [0.29, 0.717) is 19.4 Å². The van der Waals surface area contributed by atoms with Crippen LogP contribution in [0.1, 0.15) is 39.2 Å². The topological polar surface area (TPSA) is 35.5 Å². The van der Waals surface area contributed by atoms with Crippen LogP contribution in [0, 0.1) is 0 Å². The quantitative estimate of drug-likeness (QED) is 0.824. The molecule has 0 amide bonds. The highest BCUT2D eigenvalue weighted by atomic mass is 16.5. The molecule has 1 atom stereocenters. The van der Waals surface area contributed by atoms with Gasteiger partial charge < -0.3 is 9.47 Å². The number of hydrogen-bond acceptors (Lipinski definition) is 3. The smallest absolute Gasteiger partial charge is 0.138 e. The van der Waals surface area contributed by atoms with Gasteiger partial charge in [0.1, 0.15) is 11.5 Å². The Bertz CT molecular complexity index is 422. The van der Waals surface area contributed by atoms with Gasteiger partial charge in [-0.2, -0.15) is 0 Å². The van der Waals surface area contributed by atoms with Crippen LogP contribution >= 0.6 is 0 Å². The van der Waals surface area contributed by atoms with Gasteiger partial charge in [-0.05, 0) is 38.5 Å². The van der Waals surface area contributed by atoms with Crippen LogP contribution < -0.4 is 4.74 Å². The maximum Gasteiger partial charge on any atom is 0.138 e. The number of carbonyl (C=O) groups is 1. The van der Waals surface area contributed by atoms with Crippen LogP contribution in [0.25, 0.3) is 0 Å². The van der Waals surface area contributed by atoms with Crippen LogP contribution in [0.3, 0.4) is 0 Å². The molecule has 0 saturated carbocycles. The summed E-state index contributed by atoms with van der Waals surface area (Å²) >= 11 is 0. The summed E-state index contributed by atoms with van der Waals surface area (Å²) in [6.45, 7) is 6.48. The van der Waals surface area contributed by atoms with Crippen LogP contribution in [0.5, 0.6) is 5.75 Å². The molecule has 0 radical (unpaired) electrons. The number of hydrogen-bond donors (Lipinski definition) is 0. The van der Waals surface area contributed by atoms with Crippen molar-refractivity contribution in [3.8, 4) is 5.75 Å². The average Bonchev–Trinajstić information content (AvgIpc) is 2.28. The largest absolute Gasteiger partial charge is 0.491 e. The van der Waals surface area contributed by atoms with Gasteiger partial charge in [0.2, 0.25) is 0 Å². The molecule has 1 heterocycles. The van der Waals surface area contributed by atoms with Crippen molar-refractivity contribution in [2.45, 2.75) is 45.3 Å². The lowest BCUT2D eigenvalue weighted by atomic mass is 9.88. The zero-order chi connectivity index (χ0) is 13.2. The first-order chi connectivity index (χ1) is 8.49.